The second-order valence-electron chi connectivity index (χ2n) is 6.70. The van der Waals surface area contributed by atoms with Crippen molar-refractivity contribution in [2.24, 2.45) is 0 Å². The van der Waals surface area contributed by atoms with E-state index in [1.54, 1.807) is 0 Å². The number of piperidine rings is 1. The number of likely N-dealkylation sites (tertiary alicyclic amines) is 1. The smallest absolute Gasteiger partial charge is 0.0342 e. The van der Waals surface area contributed by atoms with Gasteiger partial charge >= 0.3 is 0 Å². The summed E-state index contributed by atoms with van der Waals surface area (Å²) in [5.74, 6) is 0. The average Bonchev–Trinajstić information content (AvgIpc) is 2.65. The molecule has 3 aromatic rings. The van der Waals surface area contributed by atoms with Crippen LogP contribution in [0, 0.1) is 0 Å². The molecule has 1 N–H and O–H groups in total. The number of nitrogens with zero attached hydrogens (tertiary/aromatic N) is 1. The number of nitrogens with one attached hydrogen (secondary N) is 1. The number of hydrogen-bond acceptors (Lipinski definition) is 2. The molecule has 1 fully saturated rings. The monoisotopic (exact) mass is 316 g/mol. The highest BCUT2D eigenvalue weighted by Gasteiger charge is 2.19. The van der Waals surface area contributed by atoms with E-state index in [2.05, 4.69) is 83.0 Å². The molecule has 0 bridgehead atoms. The van der Waals surface area contributed by atoms with E-state index in [4.69, 9.17) is 0 Å². The summed E-state index contributed by atoms with van der Waals surface area (Å²) in [5.41, 5.74) is 2.69. The zero-order valence-electron chi connectivity index (χ0n) is 14.0. The third-order valence-corrected chi connectivity index (χ3v) is 5.01. The van der Waals surface area contributed by atoms with Gasteiger partial charge in [0.2, 0.25) is 0 Å². The maximum absolute atomic E-state index is 3.67. The molecule has 0 amide bonds. The average molecular weight is 316 g/mol. The molecular formula is C22H24N2. The van der Waals surface area contributed by atoms with Crippen LogP contribution in [0.2, 0.25) is 0 Å². The molecule has 24 heavy (non-hydrogen) atoms. The lowest BCUT2D eigenvalue weighted by Gasteiger charge is -2.33. The first-order chi connectivity index (χ1) is 11.9. The van der Waals surface area contributed by atoms with Crippen molar-refractivity contribution in [2.75, 3.05) is 18.4 Å². The topological polar surface area (TPSA) is 15.3 Å². The summed E-state index contributed by atoms with van der Waals surface area (Å²) in [4.78, 5) is 2.59. The van der Waals surface area contributed by atoms with Gasteiger partial charge in [-0.15, -0.1) is 0 Å². The van der Waals surface area contributed by atoms with Crippen molar-refractivity contribution >= 4 is 16.5 Å². The molecule has 0 unspecified atom stereocenters. The first-order valence-electron chi connectivity index (χ1n) is 8.89. The van der Waals surface area contributed by atoms with Gasteiger partial charge in [0.15, 0.2) is 0 Å². The molecule has 0 aromatic heterocycles. The van der Waals surface area contributed by atoms with Crippen LogP contribution in [0.25, 0.3) is 10.8 Å². The van der Waals surface area contributed by atoms with Crippen LogP contribution < -0.4 is 5.32 Å². The summed E-state index contributed by atoms with van der Waals surface area (Å²) in [6, 6.07) is 26.5. The van der Waals surface area contributed by atoms with Gasteiger partial charge in [-0.2, -0.15) is 0 Å². The Morgan fingerprint density at radius 3 is 2.33 bits per heavy atom. The number of anilines is 1. The number of rotatable bonds is 4. The van der Waals surface area contributed by atoms with Crippen LogP contribution in [0.3, 0.4) is 0 Å². The van der Waals surface area contributed by atoms with E-state index in [1.807, 2.05) is 0 Å². The Morgan fingerprint density at radius 2 is 1.50 bits per heavy atom. The maximum atomic E-state index is 3.67. The third kappa shape index (κ3) is 3.44. The van der Waals surface area contributed by atoms with Crippen LogP contribution in [-0.4, -0.2) is 24.0 Å². The number of hydrogen-bond donors (Lipinski definition) is 1. The lowest BCUT2D eigenvalue weighted by molar-refractivity contribution is 0.212. The Labute approximate surface area is 144 Å². The molecule has 1 saturated heterocycles. The summed E-state index contributed by atoms with van der Waals surface area (Å²) in [6.07, 6.45) is 2.42. The Bertz CT molecular complexity index is 784. The quantitative estimate of drug-likeness (QED) is 0.735. The molecule has 122 valence electrons. The highest BCUT2D eigenvalue weighted by atomic mass is 15.1. The molecule has 0 spiro atoms. The molecule has 1 aliphatic heterocycles. The van der Waals surface area contributed by atoms with Gasteiger partial charge in [-0.3, -0.25) is 4.90 Å². The number of para-hydroxylation sites is 1. The van der Waals surface area contributed by atoms with Gasteiger partial charge in [-0.25, -0.2) is 0 Å². The predicted molar refractivity (Wildman–Crippen MR) is 102 cm³/mol. The normalized spacial score (nSPS) is 16.3. The Morgan fingerprint density at radius 1 is 0.792 bits per heavy atom. The molecule has 2 nitrogen and oxygen atoms in total. The van der Waals surface area contributed by atoms with Gasteiger partial charge in [0.05, 0.1) is 0 Å². The molecule has 0 atom stereocenters. The van der Waals surface area contributed by atoms with Gasteiger partial charge in [-0.05, 0) is 41.3 Å². The van der Waals surface area contributed by atoms with Crippen molar-refractivity contribution in [1.82, 2.24) is 4.90 Å². The number of fused-ring (bicyclic) bond motifs is 1. The van der Waals surface area contributed by atoms with E-state index >= 15 is 0 Å². The second-order valence-corrected chi connectivity index (χ2v) is 6.70. The minimum absolute atomic E-state index is 0.594. The molecular weight excluding hydrogens is 292 g/mol. The van der Waals surface area contributed by atoms with Gasteiger partial charge in [-0.1, -0.05) is 60.7 Å². The van der Waals surface area contributed by atoms with Crippen molar-refractivity contribution in [2.45, 2.75) is 25.4 Å². The summed E-state index contributed by atoms with van der Waals surface area (Å²) in [5, 5.41) is 6.40. The molecule has 2 heteroatoms. The second kappa shape index (κ2) is 7.06. The molecule has 1 heterocycles. The van der Waals surface area contributed by atoms with Crippen molar-refractivity contribution in [1.29, 1.82) is 0 Å². The fraction of sp³-hybridized carbons (Fsp3) is 0.273. The SMILES string of the molecule is c1ccc(NC2CCN(Cc3cccc4ccccc34)CC2)cc1. The van der Waals surface area contributed by atoms with Gasteiger partial charge < -0.3 is 5.32 Å². The van der Waals surface area contributed by atoms with Gasteiger partial charge in [0, 0.05) is 31.4 Å². The third-order valence-electron chi connectivity index (χ3n) is 5.01. The highest BCUT2D eigenvalue weighted by Crippen LogP contribution is 2.22. The lowest BCUT2D eigenvalue weighted by atomic mass is 10.0. The predicted octanol–water partition coefficient (Wildman–Crippen LogP) is 4.92. The van der Waals surface area contributed by atoms with Crippen LogP contribution in [0.1, 0.15) is 18.4 Å². The zero-order chi connectivity index (χ0) is 16.2. The molecule has 1 aliphatic rings. The highest BCUT2D eigenvalue weighted by molar-refractivity contribution is 5.85. The zero-order valence-corrected chi connectivity index (χ0v) is 14.0. The largest absolute Gasteiger partial charge is 0.382 e. The van der Waals surface area contributed by atoms with Gasteiger partial charge in [0.25, 0.3) is 0 Å². The van der Waals surface area contributed by atoms with E-state index < -0.39 is 0 Å². The summed E-state index contributed by atoms with van der Waals surface area (Å²) < 4.78 is 0. The van der Waals surface area contributed by atoms with Crippen LogP contribution in [0.5, 0.6) is 0 Å². The number of benzene rings is 3. The standard InChI is InChI=1S/C22H24N2/c1-2-10-20(11-3-1)23-21-13-15-24(16-14-21)17-19-9-6-8-18-7-4-5-12-22(18)19/h1-12,21,23H,13-17H2. The van der Waals surface area contributed by atoms with Crippen LogP contribution in [0.4, 0.5) is 5.69 Å². The summed E-state index contributed by atoms with van der Waals surface area (Å²) in [6.45, 7) is 3.38. The summed E-state index contributed by atoms with van der Waals surface area (Å²) >= 11 is 0. The first kappa shape index (κ1) is 15.2. The fourth-order valence-electron chi connectivity index (χ4n) is 3.68. The Kier molecular flexibility index (Phi) is 4.48. The summed E-state index contributed by atoms with van der Waals surface area (Å²) in [7, 11) is 0. The van der Waals surface area contributed by atoms with Crippen molar-refractivity contribution in [3.8, 4) is 0 Å². The molecule has 0 aliphatic carbocycles. The molecule has 0 saturated carbocycles. The van der Waals surface area contributed by atoms with E-state index in [-0.39, 0.29) is 0 Å². The van der Waals surface area contributed by atoms with Crippen molar-refractivity contribution in [3.63, 3.8) is 0 Å². The van der Waals surface area contributed by atoms with Crippen LogP contribution >= 0.6 is 0 Å². The maximum Gasteiger partial charge on any atom is 0.0342 e. The van der Waals surface area contributed by atoms with Crippen LogP contribution in [0.15, 0.2) is 72.8 Å². The van der Waals surface area contributed by atoms with Gasteiger partial charge in [0.1, 0.15) is 0 Å². The minimum atomic E-state index is 0.594. The Balaban J connectivity index is 1.38. The lowest BCUT2D eigenvalue weighted by Crippen LogP contribution is -2.38. The molecule has 0 radical (unpaired) electrons. The Hall–Kier alpha value is -2.32. The van der Waals surface area contributed by atoms with Crippen molar-refractivity contribution < 1.29 is 0 Å². The minimum Gasteiger partial charge on any atom is -0.382 e. The van der Waals surface area contributed by atoms with E-state index in [1.165, 1.54) is 34.9 Å². The van der Waals surface area contributed by atoms with E-state index in [0.717, 1.165) is 19.6 Å². The van der Waals surface area contributed by atoms with E-state index in [0.29, 0.717) is 6.04 Å². The van der Waals surface area contributed by atoms with Crippen molar-refractivity contribution in [3.05, 3.63) is 78.4 Å². The fourth-order valence-corrected chi connectivity index (χ4v) is 3.68. The molecule has 3 aromatic carbocycles. The first-order valence-corrected chi connectivity index (χ1v) is 8.89. The van der Waals surface area contributed by atoms with E-state index in [9.17, 15) is 0 Å². The molecule has 4 rings (SSSR count). The van der Waals surface area contributed by atoms with Crippen LogP contribution in [-0.2, 0) is 6.54 Å².